The van der Waals surface area contributed by atoms with Gasteiger partial charge in [0.2, 0.25) is 0 Å². The van der Waals surface area contributed by atoms with Crippen LogP contribution in [0.4, 0.5) is 0 Å². The molecule has 0 N–H and O–H groups in total. The molecule has 0 amide bonds. The van der Waals surface area contributed by atoms with Crippen molar-refractivity contribution in [1.82, 2.24) is 4.98 Å². The maximum absolute atomic E-state index is 5.80. The fraction of sp³-hybridized carbons (Fsp3) is 0.625. The van der Waals surface area contributed by atoms with Gasteiger partial charge in [-0.25, -0.2) is 4.98 Å². The zero-order valence-electron chi connectivity index (χ0n) is 7.02. The van der Waals surface area contributed by atoms with Crippen LogP contribution in [0.1, 0.15) is 37.3 Å². The highest BCUT2D eigenvalue weighted by Crippen LogP contribution is 2.28. The molecule has 0 aliphatic carbocycles. The lowest BCUT2D eigenvalue weighted by molar-refractivity contribution is 0.816. The summed E-state index contributed by atoms with van der Waals surface area (Å²) >= 11 is 7.39. The van der Waals surface area contributed by atoms with Crippen molar-refractivity contribution in [2.75, 3.05) is 0 Å². The van der Waals surface area contributed by atoms with Gasteiger partial charge in [-0.1, -0.05) is 32.4 Å². The van der Waals surface area contributed by atoms with E-state index in [0.29, 0.717) is 10.4 Å². The number of hydrogen-bond acceptors (Lipinski definition) is 2. The van der Waals surface area contributed by atoms with E-state index in [9.17, 15) is 0 Å². The van der Waals surface area contributed by atoms with Crippen LogP contribution in [0.3, 0.4) is 0 Å². The maximum Gasteiger partial charge on any atom is 0.184 e. The van der Waals surface area contributed by atoms with Crippen molar-refractivity contribution in [3.8, 4) is 0 Å². The summed E-state index contributed by atoms with van der Waals surface area (Å²) in [6, 6.07) is 0. The van der Waals surface area contributed by atoms with Crippen LogP contribution in [0.15, 0.2) is 0 Å². The SMILES string of the molecule is CCc1sc(Cl)nc1C(C)C. The molecule has 0 aliphatic heterocycles. The van der Waals surface area contributed by atoms with Crippen molar-refractivity contribution >= 4 is 22.9 Å². The zero-order valence-corrected chi connectivity index (χ0v) is 8.59. The first-order valence-electron chi connectivity index (χ1n) is 3.80. The molecule has 0 saturated heterocycles. The van der Waals surface area contributed by atoms with Crippen molar-refractivity contribution in [2.45, 2.75) is 33.1 Å². The van der Waals surface area contributed by atoms with Gasteiger partial charge in [0.1, 0.15) is 0 Å². The number of halogens is 1. The average molecular weight is 190 g/mol. The van der Waals surface area contributed by atoms with E-state index in [1.54, 1.807) is 11.3 Å². The third kappa shape index (κ3) is 1.94. The number of nitrogens with zero attached hydrogens (tertiary/aromatic N) is 1. The van der Waals surface area contributed by atoms with Crippen LogP contribution in [0.25, 0.3) is 0 Å². The molecule has 0 aliphatic rings. The van der Waals surface area contributed by atoms with Crippen LogP contribution in [-0.2, 0) is 6.42 Å². The number of hydrogen-bond donors (Lipinski definition) is 0. The minimum Gasteiger partial charge on any atom is -0.229 e. The summed E-state index contributed by atoms with van der Waals surface area (Å²) in [5.74, 6) is 0.494. The van der Waals surface area contributed by atoms with Crippen LogP contribution in [0, 0.1) is 0 Å². The minimum absolute atomic E-state index is 0.494. The average Bonchev–Trinajstić information content (AvgIpc) is 2.30. The second-order valence-corrected chi connectivity index (χ2v) is 4.45. The van der Waals surface area contributed by atoms with Gasteiger partial charge >= 0.3 is 0 Å². The van der Waals surface area contributed by atoms with Crippen molar-refractivity contribution in [2.24, 2.45) is 0 Å². The Kier molecular flexibility index (Phi) is 2.90. The monoisotopic (exact) mass is 189 g/mol. The Bertz CT molecular complexity index is 242. The molecule has 1 nitrogen and oxygen atoms in total. The lowest BCUT2D eigenvalue weighted by Crippen LogP contribution is -1.91. The summed E-state index contributed by atoms with van der Waals surface area (Å²) < 4.78 is 0.672. The predicted molar refractivity (Wildman–Crippen MR) is 50.6 cm³/mol. The molecular weight excluding hydrogens is 178 g/mol. The largest absolute Gasteiger partial charge is 0.229 e. The quantitative estimate of drug-likeness (QED) is 0.694. The Morgan fingerprint density at radius 1 is 1.55 bits per heavy atom. The van der Waals surface area contributed by atoms with Crippen LogP contribution in [0.5, 0.6) is 0 Å². The Labute approximate surface area is 76.4 Å². The molecule has 0 atom stereocenters. The fourth-order valence-corrected chi connectivity index (χ4v) is 2.29. The highest BCUT2D eigenvalue weighted by molar-refractivity contribution is 7.15. The van der Waals surface area contributed by atoms with Crippen molar-refractivity contribution in [3.63, 3.8) is 0 Å². The number of thiazole rings is 1. The molecule has 0 saturated carbocycles. The molecule has 62 valence electrons. The van der Waals surface area contributed by atoms with Gasteiger partial charge in [0.25, 0.3) is 0 Å². The van der Waals surface area contributed by atoms with E-state index in [1.807, 2.05) is 0 Å². The van der Waals surface area contributed by atoms with Gasteiger partial charge in [-0.05, 0) is 12.3 Å². The van der Waals surface area contributed by atoms with Gasteiger partial charge in [-0.3, -0.25) is 0 Å². The lowest BCUT2D eigenvalue weighted by atomic mass is 10.1. The van der Waals surface area contributed by atoms with E-state index in [4.69, 9.17) is 11.6 Å². The molecule has 0 unspecified atom stereocenters. The summed E-state index contributed by atoms with van der Waals surface area (Å²) in [5.41, 5.74) is 1.17. The van der Waals surface area contributed by atoms with Gasteiger partial charge in [-0.15, -0.1) is 11.3 Å². The molecule has 11 heavy (non-hydrogen) atoms. The first-order valence-corrected chi connectivity index (χ1v) is 4.99. The van der Waals surface area contributed by atoms with Gasteiger partial charge in [0.05, 0.1) is 5.69 Å². The van der Waals surface area contributed by atoms with Gasteiger partial charge in [-0.2, -0.15) is 0 Å². The lowest BCUT2D eigenvalue weighted by Gasteiger charge is -2.01. The summed E-state index contributed by atoms with van der Waals surface area (Å²) in [5, 5.41) is 0. The predicted octanol–water partition coefficient (Wildman–Crippen LogP) is 3.48. The van der Waals surface area contributed by atoms with Gasteiger partial charge in [0, 0.05) is 4.88 Å². The van der Waals surface area contributed by atoms with Crippen LogP contribution < -0.4 is 0 Å². The number of aromatic nitrogens is 1. The number of rotatable bonds is 2. The molecule has 0 aromatic carbocycles. The van der Waals surface area contributed by atoms with E-state index in [-0.39, 0.29) is 0 Å². The summed E-state index contributed by atoms with van der Waals surface area (Å²) in [6.07, 6.45) is 1.04. The maximum atomic E-state index is 5.80. The van der Waals surface area contributed by atoms with E-state index in [2.05, 4.69) is 25.8 Å². The second kappa shape index (κ2) is 3.55. The Morgan fingerprint density at radius 2 is 2.18 bits per heavy atom. The first kappa shape index (κ1) is 9.01. The molecule has 0 radical (unpaired) electrons. The summed E-state index contributed by atoms with van der Waals surface area (Å²) in [4.78, 5) is 5.59. The highest BCUT2D eigenvalue weighted by atomic mass is 35.5. The third-order valence-corrected chi connectivity index (χ3v) is 2.89. The van der Waals surface area contributed by atoms with Crippen molar-refractivity contribution in [3.05, 3.63) is 15.0 Å². The standard InChI is InChI=1S/C8H12ClNS/c1-4-6-7(5(2)3)10-8(9)11-6/h5H,4H2,1-3H3. The summed E-state index contributed by atoms with van der Waals surface area (Å²) in [6.45, 7) is 6.42. The molecule has 0 fully saturated rings. The third-order valence-electron chi connectivity index (χ3n) is 1.57. The normalized spacial score (nSPS) is 11.0. The minimum atomic E-state index is 0.494. The van der Waals surface area contributed by atoms with Crippen molar-refractivity contribution in [1.29, 1.82) is 0 Å². The zero-order chi connectivity index (χ0) is 8.43. The highest BCUT2D eigenvalue weighted by Gasteiger charge is 2.10. The van der Waals surface area contributed by atoms with E-state index < -0.39 is 0 Å². The van der Waals surface area contributed by atoms with E-state index in [1.165, 1.54) is 10.6 Å². The van der Waals surface area contributed by atoms with Crippen molar-refractivity contribution < 1.29 is 0 Å². The Balaban J connectivity index is 3.02. The van der Waals surface area contributed by atoms with Crippen LogP contribution in [-0.4, -0.2) is 4.98 Å². The number of aryl methyl sites for hydroxylation is 1. The molecular formula is C8H12ClNS. The summed E-state index contributed by atoms with van der Waals surface area (Å²) in [7, 11) is 0. The smallest absolute Gasteiger partial charge is 0.184 e. The van der Waals surface area contributed by atoms with Gasteiger partial charge < -0.3 is 0 Å². The Morgan fingerprint density at radius 3 is 2.55 bits per heavy atom. The van der Waals surface area contributed by atoms with Gasteiger partial charge in [0.15, 0.2) is 4.47 Å². The molecule has 1 aromatic heterocycles. The fourth-order valence-electron chi connectivity index (χ4n) is 1.04. The topological polar surface area (TPSA) is 12.9 Å². The Hall–Kier alpha value is -0.0800. The molecule has 1 rings (SSSR count). The molecule has 3 heteroatoms. The van der Waals surface area contributed by atoms with Crippen LogP contribution >= 0.6 is 22.9 Å². The molecule has 0 bridgehead atoms. The van der Waals surface area contributed by atoms with Crippen LogP contribution in [0.2, 0.25) is 4.47 Å². The van der Waals surface area contributed by atoms with E-state index in [0.717, 1.165) is 6.42 Å². The first-order chi connectivity index (χ1) is 5.15. The van der Waals surface area contributed by atoms with E-state index >= 15 is 0 Å². The molecule has 1 heterocycles. The molecule has 0 spiro atoms. The second-order valence-electron chi connectivity index (χ2n) is 2.78. The molecule has 1 aromatic rings.